The molecule has 3 nitrogen and oxygen atoms in total. The molecule has 0 atom stereocenters. The first-order valence-corrected chi connectivity index (χ1v) is 7.04. The van der Waals surface area contributed by atoms with Gasteiger partial charge in [-0.3, -0.25) is 4.98 Å². The molecule has 0 saturated carbocycles. The normalized spacial score (nSPS) is 10.8. The number of nitrogens with one attached hydrogen (secondary N) is 1. The molecule has 0 saturated heterocycles. The molecule has 2 aromatic rings. The molecular weight excluding hydrogens is 272 g/mol. The lowest BCUT2D eigenvalue weighted by Crippen LogP contribution is -2.22. The van der Waals surface area contributed by atoms with Crippen LogP contribution in [0.1, 0.15) is 25.1 Å². The number of halogens is 1. The van der Waals surface area contributed by atoms with E-state index < -0.39 is 0 Å². The van der Waals surface area contributed by atoms with E-state index in [1.807, 2.05) is 37.4 Å². The highest BCUT2D eigenvalue weighted by Gasteiger charge is 2.07. The predicted octanol–water partition coefficient (Wildman–Crippen LogP) is 4.33. The minimum Gasteiger partial charge on any atom is -0.457 e. The van der Waals surface area contributed by atoms with E-state index in [-0.39, 0.29) is 0 Å². The van der Waals surface area contributed by atoms with Crippen molar-refractivity contribution in [3.8, 4) is 11.5 Å². The number of benzene rings is 1. The van der Waals surface area contributed by atoms with E-state index >= 15 is 0 Å². The average molecular weight is 291 g/mol. The van der Waals surface area contributed by atoms with Crippen LogP contribution >= 0.6 is 11.6 Å². The lowest BCUT2D eigenvalue weighted by atomic mass is 10.2. The van der Waals surface area contributed by atoms with Crippen molar-refractivity contribution in [2.75, 3.05) is 0 Å². The molecule has 0 fully saturated rings. The maximum absolute atomic E-state index is 5.98. The molecule has 2 rings (SSSR count). The van der Waals surface area contributed by atoms with Gasteiger partial charge in [0.1, 0.15) is 11.5 Å². The van der Waals surface area contributed by atoms with Gasteiger partial charge in [-0.05, 0) is 25.1 Å². The molecule has 20 heavy (non-hydrogen) atoms. The second-order valence-corrected chi connectivity index (χ2v) is 5.46. The molecule has 0 unspecified atom stereocenters. The monoisotopic (exact) mass is 290 g/mol. The summed E-state index contributed by atoms with van der Waals surface area (Å²) in [5.74, 6) is 1.54. The SMILES string of the molecule is Cc1cc(Oc2cccc(Cl)c2)c(CNC(C)C)cn1. The molecule has 0 amide bonds. The van der Waals surface area contributed by atoms with Crippen LogP contribution in [0.4, 0.5) is 0 Å². The Morgan fingerprint density at radius 3 is 2.80 bits per heavy atom. The summed E-state index contributed by atoms with van der Waals surface area (Å²) in [5.41, 5.74) is 1.96. The summed E-state index contributed by atoms with van der Waals surface area (Å²) in [6.07, 6.45) is 1.85. The quantitative estimate of drug-likeness (QED) is 0.890. The van der Waals surface area contributed by atoms with E-state index in [1.54, 1.807) is 6.07 Å². The Bertz CT molecular complexity index is 584. The van der Waals surface area contributed by atoms with Crippen LogP contribution in [-0.2, 0) is 6.54 Å². The van der Waals surface area contributed by atoms with Crippen molar-refractivity contribution in [1.82, 2.24) is 10.3 Å². The van der Waals surface area contributed by atoms with Crippen LogP contribution in [0.5, 0.6) is 11.5 Å². The first-order valence-electron chi connectivity index (χ1n) is 6.67. The number of aromatic nitrogens is 1. The first kappa shape index (κ1) is 14.8. The van der Waals surface area contributed by atoms with Gasteiger partial charge in [0.2, 0.25) is 0 Å². The van der Waals surface area contributed by atoms with Crippen LogP contribution in [0.15, 0.2) is 36.5 Å². The van der Waals surface area contributed by atoms with Crippen LogP contribution in [0, 0.1) is 6.92 Å². The number of hydrogen-bond acceptors (Lipinski definition) is 3. The number of aryl methyl sites for hydroxylation is 1. The summed E-state index contributed by atoms with van der Waals surface area (Å²) in [6, 6.07) is 9.75. The Morgan fingerprint density at radius 1 is 1.30 bits per heavy atom. The van der Waals surface area contributed by atoms with Crippen LogP contribution in [0.25, 0.3) is 0 Å². The number of nitrogens with zero attached hydrogens (tertiary/aromatic N) is 1. The molecule has 0 aliphatic carbocycles. The van der Waals surface area contributed by atoms with Crippen molar-refractivity contribution in [3.63, 3.8) is 0 Å². The zero-order valence-corrected chi connectivity index (χ0v) is 12.7. The molecule has 0 bridgehead atoms. The van der Waals surface area contributed by atoms with Crippen molar-refractivity contribution in [2.45, 2.75) is 33.4 Å². The van der Waals surface area contributed by atoms with Crippen molar-refractivity contribution in [1.29, 1.82) is 0 Å². The lowest BCUT2D eigenvalue weighted by Gasteiger charge is -2.14. The van der Waals surface area contributed by atoms with Gasteiger partial charge < -0.3 is 10.1 Å². The van der Waals surface area contributed by atoms with E-state index in [1.165, 1.54) is 0 Å². The maximum atomic E-state index is 5.98. The highest BCUT2D eigenvalue weighted by Crippen LogP contribution is 2.27. The van der Waals surface area contributed by atoms with Crippen molar-refractivity contribution >= 4 is 11.6 Å². The number of pyridine rings is 1. The molecule has 0 radical (unpaired) electrons. The van der Waals surface area contributed by atoms with Crippen molar-refractivity contribution in [3.05, 3.63) is 52.8 Å². The fraction of sp³-hybridized carbons (Fsp3) is 0.312. The van der Waals surface area contributed by atoms with E-state index in [2.05, 4.69) is 24.1 Å². The zero-order chi connectivity index (χ0) is 14.5. The fourth-order valence-electron chi connectivity index (χ4n) is 1.76. The average Bonchev–Trinajstić information content (AvgIpc) is 2.37. The summed E-state index contributed by atoms with van der Waals surface area (Å²) in [7, 11) is 0. The third kappa shape index (κ3) is 4.22. The summed E-state index contributed by atoms with van der Waals surface area (Å²) in [4.78, 5) is 4.33. The van der Waals surface area contributed by atoms with Gasteiger partial charge in [0.05, 0.1) is 0 Å². The van der Waals surface area contributed by atoms with Crippen LogP contribution in [0.2, 0.25) is 5.02 Å². The smallest absolute Gasteiger partial charge is 0.135 e. The molecule has 1 aromatic carbocycles. The molecule has 0 aliphatic heterocycles. The molecule has 106 valence electrons. The first-order chi connectivity index (χ1) is 9.54. The highest BCUT2D eigenvalue weighted by molar-refractivity contribution is 6.30. The number of hydrogen-bond donors (Lipinski definition) is 1. The van der Waals surface area contributed by atoms with Crippen molar-refractivity contribution in [2.24, 2.45) is 0 Å². The Kier molecular flexibility index (Phi) is 4.99. The third-order valence-electron chi connectivity index (χ3n) is 2.81. The van der Waals surface area contributed by atoms with E-state index in [4.69, 9.17) is 16.3 Å². The van der Waals surface area contributed by atoms with Crippen LogP contribution in [0.3, 0.4) is 0 Å². The van der Waals surface area contributed by atoms with Gasteiger partial charge in [-0.2, -0.15) is 0 Å². The van der Waals surface area contributed by atoms with Gasteiger partial charge in [0, 0.05) is 41.1 Å². The highest BCUT2D eigenvalue weighted by atomic mass is 35.5. The Hall–Kier alpha value is -1.58. The second-order valence-electron chi connectivity index (χ2n) is 5.03. The number of ether oxygens (including phenoxy) is 1. The largest absolute Gasteiger partial charge is 0.457 e. The Balaban J connectivity index is 2.22. The van der Waals surface area contributed by atoms with Gasteiger partial charge >= 0.3 is 0 Å². The minimum absolute atomic E-state index is 0.412. The molecule has 0 spiro atoms. The topological polar surface area (TPSA) is 34.1 Å². The molecule has 1 N–H and O–H groups in total. The van der Waals surface area contributed by atoms with Gasteiger partial charge in [0.15, 0.2) is 0 Å². The maximum Gasteiger partial charge on any atom is 0.135 e. The van der Waals surface area contributed by atoms with E-state index in [9.17, 15) is 0 Å². The summed E-state index contributed by atoms with van der Waals surface area (Å²) in [5, 5.41) is 4.03. The Morgan fingerprint density at radius 2 is 2.10 bits per heavy atom. The molecule has 4 heteroatoms. The van der Waals surface area contributed by atoms with E-state index in [0.29, 0.717) is 11.1 Å². The van der Waals surface area contributed by atoms with Crippen molar-refractivity contribution < 1.29 is 4.74 Å². The zero-order valence-electron chi connectivity index (χ0n) is 12.0. The van der Waals surface area contributed by atoms with Gasteiger partial charge in [0.25, 0.3) is 0 Å². The molecule has 1 aromatic heterocycles. The van der Waals surface area contributed by atoms with Crippen LogP contribution in [-0.4, -0.2) is 11.0 Å². The van der Waals surface area contributed by atoms with Gasteiger partial charge in [-0.1, -0.05) is 31.5 Å². The standard InChI is InChI=1S/C16H19ClN2O/c1-11(2)18-9-13-10-19-12(3)7-16(13)20-15-6-4-5-14(17)8-15/h4-8,10-11,18H,9H2,1-3H3. The molecule has 1 heterocycles. The molecular formula is C16H19ClN2O. The summed E-state index contributed by atoms with van der Waals surface area (Å²) >= 11 is 5.98. The fourth-order valence-corrected chi connectivity index (χ4v) is 1.94. The van der Waals surface area contributed by atoms with Gasteiger partial charge in [-0.15, -0.1) is 0 Å². The third-order valence-corrected chi connectivity index (χ3v) is 3.04. The Labute approximate surface area is 124 Å². The molecule has 0 aliphatic rings. The predicted molar refractivity (Wildman–Crippen MR) is 82.5 cm³/mol. The lowest BCUT2D eigenvalue weighted by molar-refractivity contribution is 0.467. The number of rotatable bonds is 5. The summed E-state index contributed by atoms with van der Waals surface area (Å²) < 4.78 is 5.94. The van der Waals surface area contributed by atoms with Gasteiger partial charge in [-0.25, -0.2) is 0 Å². The minimum atomic E-state index is 0.412. The summed E-state index contributed by atoms with van der Waals surface area (Å²) in [6.45, 7) is 6.89. The second kappa shape index (κ2) is 6.73. The van der Waals surface area contributed by atoms with E-state index in [0.717, 1.165) is 29.3 Å². The van der Waals surface area contributed by atoms with Crippen LogP contribution < -0.4 is 10.1 Å².